The average Bonchev–Trinajstić information content (AvgIpc) is 3.30. The van der Waals surface area contributed by atoms with Gasteiger partial charge in [0.15, 0.2) is 6.61 Å². The molecule has 132 valence electrons. The van der Waals surface area contributed by atoms with Crippen LogP contribution < -0.4 is 5.32 Å². The average molecular weight is 408 g/mol. The summed E-state index contributed by atoms with van der Waals surface area (Å²) in [4.78, 5) is 23.7. The zero-order valence-electron chi connectivity index (χ0n) is 13.5. The quantitative estimate of drug-likeness (QED) is 0.716. The summed E-state index contributed by atoms with van der Waals surface area (Å²) in [5.74, 6) is -0.973. The van der Waals surface area contributed by atoms with E-state index in [1.807, 2.05) is 24.3 Å². The van der Waals surface area contributed by atoms with Gasteiger partial charge in [-0.2, -0.15) is 5.10 Å². The van der Waals surface area contributed by atoms with Gasteiger partial charge in [-0.3, -0.25) is 9.89 Å². The molecule has 3 rings (SSSR count). The number of nitrogens with one attached hydrogen (secondary N) is 2. The first kappa shape index (κ1) is 17.6. The van der Waals surface area contributed by atoms with Crippen LogP contribution in [0.5, 0.6) is 0 Å². The van der Waals surface area contributed by atoms with Gasteiger partial charge in [-0.1, -0.05) is 28.1 Å². The zero-order chi connectivity index (χ0) is 17.6. The molecule has 1 aromatic heterocycles. The summed E-state index contributed by atoms with van der Waals surface area (Å²) >= 11 is 3.37. The Hall–Kier alpha value is -2.19. The number of carbonyl (C=O) groups excluding carboxylic acids is 2. The highest BCUT2D eigenvalue weighted by Gasteiger charge is 2.17. The van der Waals surface area contributed by atoms with Crippen molar-refractivity contribution in [2.75, 3.05) is 19.8 Å². The molecule has 0 aliphatic carbocycles. The molecule has 1 aromatic carbocycles. The highest BCUT2D eigenvalue weighted by Crippen LogP contribution is 2.20. The van der Waals surface area contributed by atoms with Gasteiger partial charge in [-0.05, 0) is 31.0 Å². The molecule has 0 bridgehead atoms. The molecule has 2 N–H and O–H groups in total. The molecule has 1 amide bonds. The fourth-order valence-corrected chi connectivity index (χ4v) is 2.75. The van der Waals surface area contributed by atoms with Crippen LogP contribution in [0.3, 0.4) is 0 Å². The van der Waals surface area contributed by atoms with E-state index < -0.39 is 5.97 Å². The van der Waals surface area contributed by atoms with Crippen LogP contribution in [0.15, 0.2) is 34.8 Å². The van der Waals surface area contributed by atoms with E-state index in [0.29, 0.717) is 12.2 Å². The van der Waals surface area contributed by atoms with Gasteiger partial charge < -0.3 is 14.8 Å². The molecule has 1 aliphatic rings. The molecule has 0 radical (unpaired) electrons. The topological polar surface area (TPSA) is 93.3 Å². The molecule has 1 saturated heterocycles. The third-order valence-corrected chi connectivity index (χ3v) is 4.35. The van der Waals surface area contributed by atoms with Crippen LogP contribution in [-0.4, -0.2) is 47.9 Å². The van der Waals surface area contributed by atoms with Crippen molar-refractivity contribution in [2.24, 2.45) is 0 Å². The molecule has 0 unspecified atom stereocenters. The van der Waals surface area contributed by atoms with Gasteiger partial charge in [-0.15, -0.1) is 0 Å². The van der Waals surface area contributed by atoms with Crippen molar-refractivity contribution in [3.8, 4) is 11.3 Å². The number of benzene rings is 1. The fraction of sp³-hybridized carbons (Fsp3) is 0.353. The molecule has 0 saturated carbocycles. The molecule has 8 heteroatoms. The van der Waals surface area contributed by atoms with Crippen molar-refractivity contribution >= 4 is 27.8 Å². The Morgan fingerprint density at radius 3 is 2.88 bits per heavy atom. The number of carbonyl (C=O) groups is 2. The maximum Gasteiger partial charge on any atom is 0.356 e. The Kier molecular flexibility index (Phi) is 5.83. The third kappa shape index (κ3) is 4.90. The van der Waals surface area contributed by atoms with Gasteiger partial charge in [0.05, 0.1) is 11.8 Å². The van der Waals surface area contributed by atoms with Crippen LogP contribution in [-0.2, 0) is 14.3 Å². The van der Waals surface area contributed by atoms with Crippen molar-refractivity contribution in [1.82, 2.24) is 15.5 Å². The van der Waals surface area contributed by atoms with Gasteiger partial charge >= 0.3 is 5.97 Å². The summed E-state index contributed by atoms with van der Waals surface area (Å²) in [6.07, 6.45) is 2.00. The fourth-order valence-electron chi connectivity index (χ4n) is 2.49. The third-order valence-electron chi connectivity index (χ3n) is 3.82. The number of hydrogen-bond donors (Lipinski definition) is 2. The Labute approximate surface area is 153 Å². The van der Waals surface area contributed by atoms with E-state index in [1.165, 1.54) is 0 Å². The van der Waals surface area contributed by atoms with Gasteiger partial charge in [0.2, 0.25) is 0 Å². The summed E-state index contributed by atoms with van der Waals surface area (Å²) < 4.78 is 11.4. The summed E-state index contributed by atoms with van der Waals surface area (Å²) in [6.45, 7) is 0.836. The highest BCUT2D eigenvalue weighted by atomic mass is 79.9. The van der Waals surface area contributed by atoms with Crippen LogP contribution in [0.2, 0.25) is 0 Å². The van der Waals surface area contributed by atoms with Crippen molar-refractivity contribution in [2.45, 2.75) is 18.9 Å². The van der Waals surface area contributed by atoms with E-state index in [1.54, 1.807) is 6.07 Å². The Morgan fingerprint density at radius 2 is 2.16 bits per heavy atom. The second-order valence-electron chi connectivity index (χ2n) is 5.69. The van der Waals surface area contributed by atoms with Gasteiger partial charge in [-0.25, -0.2) is 4.79 Å². The number of hydrogen-bond acceptors (Lipinski definition) is 5. The van der Waals surface area contributed by atoms with E-state index in [2.05, 4.69) is 31.4 Å². The zero-order valence-corrected chi connectivity index (χ0v) is 15.0. The Morgan fingerprint density at radius 1 is 1.36 bits per heavy atom. The lowest BCUT2D eigenvalue weighted by Crippen LogP contribution is -2.34. The maximum atomic E-state index is 12.0. The standard InChI is InChI=1S/C17H18BrN3O4/c18-12-5-3-11(4-6-12)14-8-15(21-20-14)17(23)25-10-16(22)19-9-13-2-1-7-24-13/h3-6,8,13H,1-2,7,9-10H2,(H,19,22)(H,20,21)/t13-/m0/s1. The predicted octanol–water partition coefficient (Wildman–Crippen LogP) is 2.29. The first-order chi connectivity index (χ1) is 12.1. The summed E-state index contributed by atoms with van der Waals surface area (Å²) in [5, 5.41) is 9.42. The molecular weight excluding hydrogens is 390 g/mol. The van der Waals surface area contributed by atoms with E-state index >= 15 is 0 Å². The van der Waals surface area contributed by atoms with Crippen LogP contribution in [0, 0.1) is 0 Å². The lowest BCUT2D eigenvalue weighted by atomic mass is 10.1. The minimum atomic E-state index is -0.622. The number of amides is 1. The second-order valence-corrected chi connectivity index (χ2v) is 6.60. The Balaban J connectivity index is 1.48. The number of halogens is 1. The lowest BCUT2D eigenvalue weighted by Gasteiger charge is -2.10. The molecule has 7 nitrogen and oxygen atoms in total. The molecule has 1 fully saturated rings. The first-order valence-electron chi connectivity index (χ1n) is 7.98. The molecule has 2 aromatic rings. The molecule has 25 heavy (non-hydrogen) atoms. The number of aromatic amines is 1. The number of esters is 1. The van der Waals surface area contributed by atoms with E-state index in [-0.39, 0.29) is 24.3 Å². The predicted molar refractivity (Wildman–Crippen MR) is 94.0 cm³/mol. The smallest absolute Gasteiger partial charge is 0.356 e. The van der Waals surface area contributed by atoms with Crippen LogP contribution >= 0.6 is 15.9 Å². The molecule has 1 atom stereocenters. The minimum Gasteiger partial charge on any atom is -0.451 e. The van der Waals surface area contributed by atoms with Crippen molar-refractivity contribution in [1.29, 1.82) is 0 Å². The van der Waals surface area contributed by atoms with Crippen LogP contribution in [0.1, 0.15) is 23.3 Å². The molecular formula is C17H18BrN3O4. The number of H-pyrrole nitrogens is 1. The Bertz CT molecular complexity index is 739. The van der Waals surface area contributed by atoms with E-state index in [4.69, 9.17) is 9.47 Å². The largest absolute Gasteiger partial charge is 0.451 e. The second kappa shape index (κ2) is 8.26. The minimum absolute atomic E-state index is 0.0562. The van der Waals surface area contributed by atoms with Crippen LogP contribution in [0.25, 0.3) is 11.3 Å². The first-order valence-corrected chi connectivity index (χ1v) is 8.78. The van der Waals surface area contributed by atoms with Crippen molar-refractivity contribution < 1.29 is 19.1 Å². The van der Waals surface area contributed by atoms with Gasteiger partial charge in [0.25, 0.3) is 5.91 Å². The molecule has 1 aliphatic heterocycles. The number of aromatic nitrogens is 2. The molecule has 2 heterocycles. The van der Waals surface area contributed by atoms with Crippen molar-refractivity contribution in [3.63, 3.8) is 0 Å². The summed E-state index contributed by atoms with van der Waals surface area (Å²) in [5.41, 5.74) is 1.69. The SMILES string of the molecule is O=C(COC(=O)c1cc(-c2ccc(Br)cc2)n[nH]1)NC[C@@H]1CCCO1. The van der Waals surface area contributed by atoms with E-state index in [0.717, 1.165) is 29.5 Å². The number of rotatable bonds is 6. The van der Waals surface area contributed by atoms with Gasteiger partial charge in [0, 0.05) is 23.2 Å². The number of nitrogens with zero attached hydrogens (tertiary/aromatic N) is 1. The monoisotopic (exact) mass is 407 g/mol. The summed E-state index contributed by atoms with van der Waals surface area (Å²) in [6, 6.07) is 9.14. The van der Waals surface area contributed by atoms with Crippen LogP contribution in [0.4, 0.5) is 0 Å². The van der Waals surface area contributed by atoms with E-state index in [9.17, 15) is 9.59 Å². The highest BCUT2D eigenvalue weighted by molar-refractivity contribution is 9.10. The lowest BCUT2D eigenvalue weighted by molar-refractivity contribution is -0.124. The normalized spacial score (nSPS) is 16.6. The molecule has 0 spiro atoms. The van der Waals surface area contributed by atoms with Crippen molar-refractivity contribution in [3.05, 3.63) is 40.5 Å². The maximum absolute atomic E-state index is 12.0. The summed E-state index contributed by atoms with van der Waals surface area (Å²) in [7, 11) is 0. The van der Waals surface area contributed by atoms with Gasteiger partial charge in [0.1, 0.15) is 5.69 Å². The number of ether oxygens (including phenoxy) is 2.